The monoisotopic (exact) mass is 958 g/mol. The van der Waals surface area contributed by atoms with E-state index in [0.29, 0.717) is 5.41 Å². The lowest BCUT2D eigenvalue weighted by Gasteiger charge is -2.57. The lowest BCUT2D eigenvalue weighted by atomic mass is 9.42. The summed E-state index contributed by atoms with van der Waals surface area (Å²) in [6.45, 7) is -0.0872. The zero-order valence-electron chi connectivity index (χ0n) is 41.2. The molecule has 3 aromatic heterocycles. The van der Waals surface area contributed by atoms with Crippen LogP contribution in [0.5, 0.6) is 0 Å². The Bertz CT molecular complexity index is 4180. The van der Waals surface area contributed by atoms with Crippen molar-refractivity contribution in [3.63, 3.8) is 0 Å². The molecule has 8 saturated carbocycles. The molecule has 0 N–H and O–H groups in total. The summed E-state index contributed by atoms with van der Waals surface area (Å²) >= 11 is 1.92. The van der Waals surface area contributed by atoms with E-state index < -0.39 is 0 Å². The number of thiophene rings is 1. The third kappa shape index (κ3) is 5.23. The van der Waals surface area contributed by atoms with Gasteiger partial charge in [0.1, 0.15) is 11.2 Å². The highest BCUT2D eigenvalue weighted by Crippen LogP contribution is 2.63. The van der Waals surface area contributed by atoms with E-state index in [4.69, 9.17) is 4.42 Å². The molecule has 0 amide bonds. The number of fused-ring (bicyclic) bond motifs is 14. The molecule has 2 aliphatic heterocycles. The molecule has 10 aliphatic rings. The van der Waals surface area contributed by atoms with Crippen molar-refractivity contribution in [2.75, 3.05) is 4.81 Å². The summed E-state index contributed by atoms with van der Waals surface area (Å²) in [7, 11) is 0. The highest BCUT2D eigenvalue weighted by Gasteiger charge is 2.54. The molecular formula is C68H55BN2OS. The second-order valence-electron chi connectivity index (χ2n) is 25.2. The molecule has 352 valence electrons. The van der Waals surface area contributed by atoms with E-state index in [1.165, 1.54) is 180 Å². The molecule has 0 spiro atoms. The largest absolute Gasteiger partial charge is 0.455 e. The van der Waals surface area contributed by atoms with Crippen molar-refractivity contribution < 1.29 is 4.42 Å². The average molecular weight is 959 g/mol. The van der Waals surface area contributed by atoms with Crippen molar-refractivity contribution in [1.29, 1.82) is 0 Å². The van der Waals surface area contributed by atoms with E-state index in [9.17, 15) is 0 Å². The van der Waals surface area contributed by atoms with Crippen molar-refractivity contribution >= 4 is 104 Å². The van der Waals surface area contributed by atoms with E-state index in [2.05, 4.69) is 161 Å². The van der Waals surface area contributed by atoms with Crippen LogP contribution in [-0.2, 0) is 10.8 Å². The molecule has 3 nitrogen and oxygen atoms in total. The van der Waals surface area contributed by atoms with Crippen LogP contribution in [0.3, 0.4) is 0 Å². The molecule has 0 saturated heterocycles. The maximum absolute atomic E-state index is 7.28. The number of hydrogen-bond acceptors (Lipinski definition) is 3. The average Bonchev–Trinajstić information content (AvgIpc) is 4.08. The maximum Gasteiger partial charge on any atom is 0.333 e. The predicted octanol–water partition coefficient (Wildman–Crippen LogP) is 16.9. The predicted molar refractivity (Wildman–Crippen MR) is 305 cm³/mol. The van der Waals surface area contributed by atoms with Gasteiger partial charge in [0.05, 0.1) is 11.0 Å². The van der Waals surface area contributed by atoms with Gasteiger partial charge in [0, 0.05) is 69.9 Å². The molecule has 73 heavy (non-hydrogen) atoms. The Morgan fingerprint density at radius 1 is 0.479 bits per heavy atom. The van der Waals surface area contributed by atoms with E-state index in [0.717, 1.165) is 46.7 Å². The molecule has 0 radical (unpaired) electrons. The zero-order valence-corrected chi connectivity index (χ0v) is 42.0. The summed E-state index contributed by atoms with van der Waals surface area (Å²) in [5.74, 6) is 5.30. The van der Waals surface area contributed by atoms with Crippen LogP contribution in [0.4, 0.5) is 11.4 Å². The summed E-state index contributed by atoms with van der Waals surface area (Å²) in [6, 6.07) is 59.6. The Morgan fingerprint density at radius 2 is 1.10 bits per heavy atom. The van der Waals surface area contributed by atoms with Crippen LogP contribution in [0.2, 0.25) is 0 Å². The van der Waals surface area contributed by atoms with Crippen molar-refractivity contribution in [2.24, 2.45) is 35.5 Å². The van der Waals surface area contributed by atoms with Gasteiger partial charge >= 0.3 is 6.85 Å². The first kappa shape index (κ1) is 39.9. The number of para-hydroxylation sites is 1. The minimum absolute atomic E-state index is 0.0872. The fourth-order valence-electron chi connectivity index (χ4n) is 19.2. The normalized spacial score (nSPS) is 27.9. The second kappa shape index (κ2) is 13.8. The van der Waals surface area contributed by atoms with Crippen molar-refractivity contribution in [3.8, 4) is 27.9 Å². The molecule has 5 heteroatoms. The third-order valence-corrected chi connectivity index (χ3v) is 22.4. The number of aromatic nitrogens is 1. The van der Waals surface area contributed by atoms with Gasteiger partial charge in [0.25, 0.3) is 0 Å². The van der Waals surface area contributed by atoms with Crippen molar-refractivity contribution in [3.05, 3.63) is 163 Å². The molecule has 8 aliphatic carbocycles. The van der Waals surface area contributed by atoms with Crippen molar-refractivity contribution in [1.82, 2.24) is 4.57 Å². The van der Waals surface area contributed by atoms with Crippen LogP contribution in [0.1, 0.15) is 88.2 Å². The second-order valence-corrected chi connectivity index (χ2v) is 26.3. The minimum Gasteiger partial charge on any atom is -0.455 e. The number of furan rings is 1. The smallest absolute Gasteiger partial charge is 0.333 e. The highest BCUT2D eigenvalue weighted by atomic mass is 32.1. The Kier molecular flexibility index (Phi) is 7.53. The fraction of sp³-hybridized carbons (Fsp3) is 0.294. The lowest BCUT2D eigenvalue weighted by molar-refractivity contribution is -0.00526. The van der Waals surface area contributed by atoms with Gasteiger partial charge in [0.15, 0.2) is 0 Å². The van der Waals surface area contributed by atoms with E-state index in [1.807, 2.05) is 11.3 Å². The standard InChI is InChI=1S/C68H55BN2OS/c1-2-8-44(9-3-1)45-14-17-48(18-15-45)71-58-29-52-50-11-5-7-13-61(50)73-62(52)31-55(58)63-64-59(30-54-49-10-4-6-12-60(49)72-66(54)63)70-57-19-16-46(67-32-38-20-39(33-67)22-40(21-38)34-67)26-51(57)53-27-47(28-56(65(53)70)69(64)71)68-35-41-23-42(36-68)25-43(24-41)37-68/h1-19,26-31,38-43H,20-25,32-37H2. The van der Waals surface area contributed by atoms with Gasteiger partial charge in [0.2, 0.25) is 0 Å². The van der Waals surface area contributed by atoms with Crippen LogP contribution in [0.15, 0.2) is 156 Å². The first-order chi connectivity index (χ1) is 36.0. The van der Waals surface area contributed by atoms with E-state index >= 15 is 0 Å². The van der Waals surface area contributed by atoms with Gasteiger partial charge in [-0.3, -0.25) is 0 Å². The lowest BCUT2D eigenvalue weighted by Crippen LogP contribution is -2.61. The van der Waals surface area contributed by atoms with Crippen LogP contribution in [0.25, 0.3) is 91.9 Å². The fourth-order valence-corrected chi connectivity index (χ4v) is 20.4. The first-order valence-corrected chi connectivity index (χ1v) is 28.8. The topological polar surface area (TPSA) is 21.3 Å². The first-order valence-electron chi connectivity index (χ1n) is 28.0. The third-order valence-electron chi connectivity index (χ3n) is 21.2. The van der Waals surface area contributed by atoms with Crippen LogP contribution in [-0.4, -0.2) is 11.4 Å². The number of hydrogen-bond donors (Lipinski definition) is 0. The van der Waals surface area contributed by atoms with Crippen LogP contribution in [0, 0.1) is 35.5 Å². The number of benzene rings is 8. The maximum atomic E-state index is 7.28. The molecule has 11 aromatic rings. The van der Waals surface area contributed by atoms with Crippen LogP contribution < -0.4 is 15.7 Å². The quantitative estimate of drug-likeness (QED) is 0.164. The summed E-state index contributed by atoms with van der Waals surface area (Å²) in [5, 5.41) is 8.03. The Balaban J connectivity index is 0.956. The van der Waals surface area contributed by atoms with Gasteiger partial charge in [-0.15, -0.1) is 11.3 Å². The number of rotatable bonds is 4. The minimum atomic E-state index is -0.0872. The van der Waals surface area contributed by atoms with Crippen LogP contribution >= 0.6 is 11.3 Å². The summed E-state index contributed by atoms with van der Waals surface area (Å²) < 4.78 is 12.7. The highest BCUT2D eigenvalue weighted by molar-refractivity contribution is 7.25. The van der Waals surface area contributed by atoms with E-state index in [1.54, 1.807) is 11.1 Å². The van der Waals surface area contributed by atoms with Crippen molar-refractivity contribution in [2.45, 2.75) is 87.9 Å². The van der Waals surface area contributed by atoms with E-state index in [-0.39, 0.29) is 12.3 Å². The van der Waals surface area contributed by atoms with Gasteiger partial charge < -0.3 is 13.8 Å². The molecule has 5 heterocycles. The Morgan fingerprint density at radius 3 is 1.82 bits per heavy atom. The summed E-state index contributed by atoms with van der Waals surface area (Å²) in [5.41, 5.74) is 20.3. The molecule has 0 atom stereocenters. The molecule has 21 rings (SSSR count). The molecule has 0 unspecified atom stereocenters. The van der Waals surface area contributed by atoms with Gasteiger partial charge in [-0.25, -0.2) is 0 Å². The Hall–Kier alpha value is -6.56. The number of anilines is 2. The summed E-state index contributed by atoms with van der Waals surface area (Å²) in [6.07, 6.45) is 17.0. The SMILES string of the molecule is c1ccc(-c2ccc(N3B4c5c(cc6c(oc7ccccc76)c5-c5cc6sc7ccccc7c6cc53)-n3c5ccc(C67CC8CC(CC(C8)C6)C7)cc5c5cc(C67CC8CC(CC(C8)C6)C7)cc4c53)cc2)cc1. The zero-order chi connectivity index (χ0) is 47.1. The Labute approximate surface area is 429 Å². The summed E-state index contributed by atoms with van der Waals surface area (Å²) in [4.78, 5) is 2.79. The van der Waals surface area contributed by atoms with Gasteiger partial charge in [-0.05, 0) is 217 Å². The molecule has 8 bridgehead atoms. The molecule has 8 fully saturated rings. The number of nitrogens with zero attached hydrogens (tertiary/aromatic N) is 2. The molecular weight excluding hydrogens is 904 g/mol. The molecule has 8 aromatic carbocycles. The van der Waals surface area contributed by atoms with Gasteiger partial charge in [-0.1, -0.05) is 91.0 Å². The van der Waals surface area contributed by atoms with Gasteiger partial charge in [-0.2, -0.15) is 0 Å².